The molecule has 4 nitrogen and oxygen atoms in total. The summed E-state index contributed by atoms with van der Waals surface area (Å²) in [6.45, 7) is -0.444. The largest absolute Gasteiger partial charge is 0.481 e. The molecule has 2 aromatic rings. The van der Waals surface area contributed by atoms with Crippen molar-refractivity contribution >= 4 is 33.5 Å². The van der Waals surface area contributed by atoms with Gasteiger partial charge in [-0.1, -0.05) is 18.2 Å². The number of carboxylic acid groups (broad SMARTS) is 1. The molecule has 0 spiro atoms. The van der Waals surface area contributed by atoms with Gasteiger partial charge in [-0.15, -0.1) is 0 Å². The Balaban J connectivity index is 2.29. The van der Waals surface area contributed by atoms with Crippen LogP contribution < -0.4 is 4.74 Å². The van der Waals surface area contributed by atoms with E-state index in [9.17, 15) is 14.4 Å². The number of nitrogens with zero attached hydrogens (tertiary/aromatic N) is 1. The zero-order chi connectivity index (χ0) is 16.8. The van der Waals surface area contributed by atoms with Crippen molar-refractivity contribution in [3.8, 4) is 11.8 Å². The maximum atomic E-state index is 13.3. The molecule has 0 radical (unpaired) electrons. The Hall–Kier alpha value is -2.65. The van der Waals surface area contributed by atoms with Crippen LogP contribution in [0.2, 0.25) is 0 Å². The Morgan fingerprint density at radius 2 is 2.13 bits per heavy atom. The number of aliphatic carboxylic acids is 1. The van der Waals surface area contributed by atoms with Crippen LogP contribution >= 0.6 is 15.9 Å². The highest BCUT2D eigenvalue weighted by Gasteiger charge is 2.06. The second kappa shape index (κ2) is 7.56. The lowest BCUT2D eigenvalue weighted by molar-refractivity contribution is -0.139. The van der Waals surface area contributed by atoms with Gasteiger partial charge in [0, 0.05) is 0 Å². The van der Waals surface area contributed by atoms with Gasteiger partial charge in [-0.25, -0.2) is 9.18 Å². The number of halogens is 2. The molecule has 0 unspecified atom stereocenters. The standard InChI is InChI=1S/C17H11BrFNO3/c18-15-7-11(4-5-16(15)23-10-17(21)22)6-13(9-20)12-2-1-3-14(19)8-12/h1-8H,10H2,(H,21,22)/b13-6-. The van der Waals surface area contributed by atoms with Crippen LogP contribution in [0.4, 0.5) is 4.39 Å². The van der Waals surface area contributed by atoms with E-state index in [4.69, 9.17) is 9.84 Å². The number of ether oxygens (including phenoxy) is 1. The van der Waals surface area contributed by atoms with Gasteiger partial charge in [0.15, 0.2) is 6.61 Å². The predicted molar refractivity (Wildman–Crippen MR) is 87.2 cm³/mol. The van der Waals surface area contributed by atoms with Crippen molar-refractivity contribution in [2.75, 3.05) is 6.61 Å². The fraction of sp³-hybridized carbons (Fsp3) is 0.0588. The van der Waals surface area contributed by atoms with Crippen molar-refractivity contribution in [2.45, 2.75) is 0 Å². The smallest absolute Gasteiger partial charge is 0.341 e. The van der Waals surface area contributed by atoms with Gasteiger partial charge in [0.05, 0.1) is 16.1 Å². The molecule has 0 atom stereocenters. The normalized spacial score (nSPS) is 10.9. The van der Waals surface area contributed by atoms with E-state index in [1.807, 2.05) is 6.07 Å². The summed E-state index contributed by atoms with van der Waals surface area (Å²) >= 11 is 3.29. The molecule has 0 amide bonds. The van der Waals surface area contributed by atoms with E-state index >= 15 is 0 Å². The fourth-order valence-electron chi connectivity index (χ4n) is 1.87. The quantitative estimate of drug-likeness (QED) is 0.630. The summed E-state index contributed by atoms with van der Waals surface area (Å²) in [4.78, 5) is 10.5. The number of benzene rings is 2. The number of carbonyl (C=O) groups is 1. The lowest BCUT2D eigenvalue weighted by Gasteiger charge is -2.07. The van der Waals surface area contributed by atoms with Gasteiger partial charge in [0.2, 0.25) is 0 Å². The highest BCUT2D eigenvalue weighted by atomic mass is 79.9. The van der Waals surface area contributed by atoms with Gasteiger partial charge < -0.3 is 9.84 Å². The molecule has 0 saturated carbocycles. The fourth-order valence-corrected chi connectivity index (χ4v) is 2.38. The van der Waals surface area contributed by atoms with Crippen molar-refractivity contribution in [2.24, 2.45) is 0 Å². The van der Waals surface area contributed by atoms with Gasteiger partial charge >= 0.3 is 5.97 Å². The predicted octanol–water partition coefficient (Wildman–Crippen LogP) is 4.12. The molecule has 116 valence electrons. The number of hydrogen-bond donors (Lipinski definition) is 1. The maximum absolute atomic E-state index is 13.3. The van der Waals surface area contributed by atoms with Crippen molar-refractivity contribution in [1.82, 2.24) is 0 Å². The van der Waals surface area contributed by atoms with Crippen LogP contribution in [-0.4, -0.2) is 17.7 Å². The molecule has 0 aliphatic rings. The monoisotopic (exact) mass is 375 g/mol. The summed E-state index contributed by atoms with van der Waals surface area (Å²) in [5, 5.41) is 17.9. The maximum Gasteiger partial charge on any atom is 0.341 e. The Morgan fingerprint density at radius 1 is 1.35 bits per heavy atom. The summed E-state index contributed by atoms with van der Waals surface area (Å²) in [6, 6.07) is 12.8. The second-order valence-electron chi connectivity index (χ2n) is 4.55. The first-order valence-corrected chi connectivity index (χ1v) is 7.31. The Morgan fingerprint density at radius 3 is 2.74 bits per heavy atom. The highest BCUT2D eigenvalue weighted by molar-refractivity contribution is 9.10. The van der Waals surface area contributed by atoms with Crippen LogP contribution in [0.3, 0.4) is 0 Å². The van der Waals surface area contributed by atoms with E-state index < -0.39 is 18.4 Å². The average Bonchev–Trinajstić information content (AvgIpc) is 2.51. The van der Waals surface area contributed by atoms with Crippen LogP contribution in [0.15, 0.2) is 46.9 Å². The lowest BCUT2D eigenvalue weighted by atomic mass is 10.0. The molecular weight excluding hydrogens is 365 g/mol. The molecule has 0 aromatic heterocycles. The minimum Gasteiger partial charge on any atom is -0.481 e. The van der Waals surface area contributed by atoms with Crippen LogP contribution in [0.5, 0.6) is 5.75 Å². The molecule has 0 aliphatic heterocycles. The van der Waals surface area contributed by atoms with Gasteiger partial charge in [-0.3, -0.25) is 0 Å². The second-order valence-corrected chi connectivity index (χ2v) is 5.41. The molecule has 0 heterocycles. The third kappa shape index (κ3) is 4.66. The SMILES string of the molecule is N#C/C(=C/c1ccc(OCC(=O)O)c(Br)c1)c1cccc(F)c1. The third-order valence-corrected chi connectivity index (χ3v) is 3.49. The Labute approximate surface area is 140 Å². The van der Waals surface area contributed by atoms with Gasteiger partial charge in [0.1, 0.15) is 11.6 Å². The van der Waals surface area contributed by atoms with Gasteiger partial charge in [-0.2, -0.15) is 5.26 Å². The Kier molecular flexibility index (Phi) is 5.50. The van der Waals surface area contributed by atoms with Gasteiger partial charge in [0.25, 0.3) is 0 Å². The molecular formula is C17H11BrFNO3. The molecule has 0 aliphatic carbocycles. The van der Waals surface area contributed by atoms with E-state index in [-0.39, 0.29) is 0 Å². The minimum atomic E-state index is -1.07. The van der Waals surface area contributed by atoms with E-state index in [2.05, 4.69) is 15.9 Å². The minimum absolute atomic E-state index is 0.315. The van der Waals surface area contributed by atoms with E-state index in [1.54, 1.807) is 30.3 Å². The van der Waals surface area contributed by atoms with E-state index in [1.165, 1.54) is 18.2 Å². The first-order chi connectivity index (χ1) is 11.0. The summed E-state index contributed by atoms with van der Waals surface area (Å²) in [5.74, 6) is -1.10. The van der Waals surface area contributed by atoms with Crippen molar-refractivity contribution in [3.05, 3.63) is 63.9 Å². The summed E-state index contributed by atoms with van der Waals surface area (Å²) in [5.41, 5.74) is 1.49. The Bertz CT molecular complexity index is 812. The molecule has 0 bridgehead atoms. The van der Waals surface area contributed by atoms with Crippen molar-refractivity contribution in [3.63, 3.8) is 0 Å². The van der Waals surface area contributed by atoms with Crippen LogP contribution in [0, 0.1) is 17.1 Å². The van der Waals surface area contributed by atoms with E-state index in [0.29, 0.717) is 26.9 Å². The zero-order valence-electron chi connectivity index (χ0n) is 11.8. The molecule has 6 heteroatoms. The number of nitriles is 1. The van der Waals surface area contributed by atoms with Gasteiger partial charge in [-0.05, 0) is 57.4 Å². The first-order valence-electron chi connectivity index (χ1n) is 6.51. The zero-order valence-corrected chi connectivity index (χ0v) is 13.4. The topological polar surface area (TPSA) is 70.3 Å². The highest BCUT2D eigenvalue weighted by Crippen LogP contribution is 2.28. The molecule has 23 heavy (non-hydrogen) atoms. The van der Waals surface area contributed by atoms with Crippen molar-refractivity contribution < 1.29 is 19.0 Å². The van der Waals surface area contributed by atoms with Crippen molar-refractivity contribution in [1.29, 1.82) is 5.26 Å². The lowest BCUT2D eigenvalue weighted by Crippen LogP contribution is -2.09. The molecule has 2 rings (SSSR count). The molecule has 0 saturated heterocycles. The van der Waals surface area contributed by atoms with Crippen LogP contribution in [-0.2, 0) is 4.79 Å². The number of carboxylic acids is 1. The third-order valence-electron chi connectivity index (χ3n) is 2.87. The summed E-state index contributed by atoms with van der Waals surface area (Å²) in [7, 11) is 0. The van der Waals surface area contributed by atoms with Crippen LogP contribution in [0.25, 0.3) is 11.6 Å². The summed E-state index contributed by atoms with van der Waals surface area (Å²) in [6.07, 6.45) is 1.61. The number of rotatable bonds is 5. The number of allylic oxidation sites excluding steroid dienone is 1. The van der Waals surface area contributed by atoms with Crippen LogP contribution in [0.1, 0.15) is 11.1 Å². The van der Waals surface area contributed by atoms with E-state index in [0.717, 1.165) is 0 Å². The molecule has 0 fully saturated rings. The molecule has 2 aromatic carbocycles. The summed E-state index contributed by atoms with van der Waals surface area (Å²) < 4.78 is 18.9. The number of hydrogen-bond acceptors (Lipinski definition) is 3. The first kappa shape index (κ1) is 16.7. The molecule has 1 N–H and O–H groups in total. The average molecular weight is 376 g/mol.